The van der Waals surface area contributed by atoms with Gasteiger partial charge in [0.25, 0.3) is 0 Å². The van der Waals surface area contributed by atoms with Gasteiger partial charge in [0, 0.05) is 0 Å². The first-order valence-corrected chi connectivity index (χ1v) is 15.4. The second-order valence-corrected chi connectivity index (χ2v) is 18.8. The van der Waals surface area contributed by atoms with Crippen molar-refractivity contribution in [2.24, 2.45) is 0 Å². The fourth-order valence-corrected chi connectivity index (χ4v) is 9.24. The maximum atomic E-state index is 9.52. The minimum Gasteiger partial charge on any atom is -0.437 e. The maximum absolute atomic E-state index is 9.52. The summed E-state index contributed by atoms with van der Waals surface area (Å²) >= 11 is 0. The molecule has 0 aliphatic rings. The van der Waals surface area contributed by atoms with Crippen LogP contribution in [0, 0.1) is 6.61 Å². The van der Waals surface area contributed by atoms with Gasteiger partial charge in [-0.05, 0) is 52.6 Å². The lowest BCUT2D eigenvalue weighted by Gasteiger charge is -2.33. The number of hydrogen-bond acceptors (Lipinski definition) is 4. The molecule has 0 aromatic carbocycles. The number of rotatable bonds is 9. The van der Waals surface area contributed by atoms with Gasteiger partial charge in [-0.3, -0.25) is 0 Å². The minimum atomic E-state index is -1.89. The van der Waals surface area contributed by atoms with Crippen LogP contribution in [0.1, 0.15) is 20.3 Å². The lowest BCUT2D eigenvalue weighted by atomic mass is 10.3. The van der Waals surface area contributed by atoms with Crippen LogP contribution in [0.25, 0.3) is 0 Å². The maximum Gasteiger partial charge on any atom is 0.330 e. The molecule has 0 bridgehead atoms. The molecule has 0 spiro atoms. The lowest BCUT2D eigenvalue weighted by Crippen LogP contribution is -2.49. The van der Waals surface area contributed by atoms with Crippen LogP contribution in [-0.2, 0) is 13.0 Å². The molecule has 0 aliphatic heterocycles. The standard InChI is InChI=1S/C12H31O4Si3/c1-9-12(13)10-14-11(2)17(15-18(3,4)5)16-19(6,7)8/h10-13,17H,9H2,1-8H3. The first-order valence-electron chi connectivity index (χ1n) is 6.97. The van der Waals surface area contributed by atoms with Gasteiger partial charge in [0.15, 0.2) is 16.6 Å². The van der Waals surface area contributed by atoms with Gasteiger partial charge in [0.1, 0.15) is 6.61 Å². The molecule has 0 amide bonds. The largest absolute Gasteiger partial charge is 0.437 e. The van der Waals surface area contributed by atoms with Gasteiger partial charge in [-0.1, -0.05) is 6.92 Å². The van der Waals surface area contributed by atoms with Crippen LogP contribution in [0.5, 0.6) is 0 Å². The topological polar surface area (TPSA) is 47.9 Å². The zero-order valence-electron chi connectivity index (χ0n) is 13.7. The summed E-state index contributed by atoms with van der Waals surface area (Å²) in [6, 6.07) is 0. The SMILES string of the molecule is CCC(O)[CH]OC(C)[SiH](O[Si](C)(C)C)O[Si](C)(C)C. The highest BCUT2D eigenvalue weighted by Gasteiger charge is 2.33. The van der Waals surface area contributed by atoms with Crippen molar-refractivity contribution in [1.29, 1.82) is 0 Å². The molecular formula is C12H31O4Si3. The lowest BCUT2D eigenvalue weighted by molar-refractivity contribution is 0.0684. The Bertz CT molecular complexity index is 234. The van der Waals surface area contributed by atoms with Crippen molar-refractivity contribution in [3.8, 4) is 0 Å². The first-order chi connectivity index (χ1) is 8.44. The fourth-order valence-electron chi connectivity index (χ4n) is 1.29. The van der Waals surface area contributed by atoms with Gasteiger partial charge < -0.3 is 18.1 Å². The van der Waals surface area contributed by atoms with Crippen molar-refractivity contribution in [2.45, 2.75) is 71.4 Å². The zero-order valence-corrected chi connectivity index (χ0v) is 16.8. The van der Waals surface area contributed by atoms with Crippen LogP contribution in [0.4, 0.5) is 0 Å². The highest BCUT2D eigenvalue weighted by atomic mass is 28.4. The number of aliphatic hydroxyl groups is 1. The van der Waals surface area contributed by atoms with Crippen molar-refractivity contribution < 1.29 is 18.1 Å². The number of aliphatic hydroxyl groups excluding tert-OH is 1. The van der Waals surface area contributed by atoms with E-state index in [9.17, 15) is 5.11 Å². The summed E-state index contributed by atoms with van der Waals surface area (Å²) in [5.74, 6) is 0. The van der Waals surface area contributed by atoms with Crippen LogP contribution in [0.15, 0.2) is 0 Å². The van der Waals surface area contributed by atoms with E-state index >= 15 is 0 Å². The summed E-state index contributed by atoms with van der Waals surface area (Å²) in [7, 11) is -5.18. The molecular weight excluding hydrogens is 292 g/mol. The summed E-state index contributed by atoms with van der Waals surface area (Å²) in [4.78, 5) is 0. The molecule has 0 aromatic heterocycles. The molecule has 2 atom stereocenters. The molecule has 0 heterocycles. The Morgan fingerprint density at radius 2 is 1.47 bits per heavy atom. The molecule has 0 rings (SSSR count). The van der Waals surface area contributed by atoms with Crippen LogP contribution >= 0.6 is 0 Å². The van der Waals surface area contributed by atoms with E-state index in [0.717, 1.165) is 0 Å². The van der Waals surface area contributed by atoms with E-state index in [1.165, 1.54) is 6.61 Å². The molecule has 0 saturated carbocycles. The molecule has 19 heavy (non-hydrogen) atoms. The minimum absolute atomic E-state index is 0.0837. The van der Waals surface area contributed by atoms with Crippen molar-refractivity contribution >= 4 is 25.9 Å². The molecule has 4 nitrogen and oxygen atoms in total. The Morgan fingerprint density at radius 3 is 1.79 bits per heavy atom. The van der Waals surface area contributed by atoms with E-state index in [1.807, 2.05) is 13.8 Å². The van der Waals surface area contributed by atoms with Gasteiger partial charge in [0.2, 0.25) is 0 Å². The highest BCUT2D eigenvalue weighted by Crippen LogP contribution is 2.16. The van der Waals surface area contributed by atoms with Gasteiger partial charge in [-0.2, -0.15) is 0 Å². The quantitative estimate of drug-likeness (QED) is 0.663. The van der Waals surface area contributed by atoms with E-state index in [4.69, 9.17) is 13.0 Å². The third-order valence-electron chi connectivity index (χ3n) is 2.19. The van der Waals surface area contributed by atoms with Crippen LogP contribution in [-0.4, -0.2) is 42.9 Å². The molecule has 0 fully saturated rings. The smallest absolute Gasteiger partial charge is 0.330 e. The average Bonchev–Trinajstić information content (AvgIpc) is 2.20. The first kappa shape index (κ1) is 19.5. The van der Waals surface area contributed by atoms with Crippen molar-refractivity contribution in [1.82, 2.24) is 0 Å². The van der Waals surface area contributed by atoms with Gasteiger partial charge in [0.05, 0.1) is 11.8 Å². The molecule has 1 N–H and O–H groups in total. The average molecular weight is 324 g/mol. The zero-order chi connectivity index (χ0) is 15.3. The van der Waals surface area contributed by atoms with E-state index < -0.39 is 32.0 Å². The van der Waals surface area contributed by atoms with Gasteiger partial charge in [-0.25, -0.2) is 0 Å². The normalized spacial score (nSPS) is 16.7. The molecule has 0 aromatic rings. The second-order valence-electron chi connectivity index (χ2n) is 6.78. The molecule has 7 heteroatoms. The third-order valence-corrected chi connectivity index (χ3v) is 10.6. The number of ether oxygens (including phenoxy) is 1. The predicted molar refractivity (Wildman–Crippen MR) is 87.2 cm³/mol. The Kier molecular flexibility index (Phi) is 8.27. The summed E-state index contributed by atoms with van der Waals surface area (Å²) in [6.07, 6.45) is 0.138. The van der Waals surface area contributed by atoms with Gasteiger partial charge >= 0.3 is 9.28 Å². The van der Waals surface area contributed by atoms with Crippen LogP contribution in [0.3, 0.4) is 0 Å². The van der Waals surface area contributed by atoms with E-state index in [1.54, 1.807) is 0 Å². The highest BCUT2D eigenvalue weighted by molar-refractivity contribution is 6.81. The van der Waals surface area contributed by atoms with E-state index in [-0.39, 0.29) is 5.73 Å². The van der Waals surface area contributed by atoms with E-state index in [2.05, 4.69) is 39.3 Å². The Hall–Kier alpha value is 0.491. The molecule has 0 aliphatic carbocycles. The Morgan fingerprint density at radius 1 is 1.05 bits per heavy atom. The number of hydrogen-bond donors (Lipinski definition) is 1. The summed E-state index contributed by atoms with van der Waals surface area (Å²) in [5.41, 5.74) is -0.0837. The Labute approximate surface area is 122 Å². The van der Waals surface area contributed by atoms with Crippen molar-refractivity contribution in [3.63, 3.8) is 0 Å². The monoisotopic (exact) mass is 323 g/mol. The molecule has 115 valence electrons. The molecule has 1 radical (unpaired) electrons. The summed E-state index contributed by atoms with van der Waals surface area (Å²) in [5, 5.41) is 9.52. The molecule has 2 unspecified atom stereocenters. The predicted octanol–water partition coefficient (Wildman–Crippen LogP) is 2.79. The fraction of sp³-hybridized carbons (Fsp3) is 0.917. The van der Waals surface area contributed by atoms with Crippen LogP contribution < -0.4 is 0 Å². The summed E-state index contributed by atoms with van der Waals surface area (Å²) < 4.78 is 18.0. The van der Waals surface area contributed by atoms with Gasteiger partial charge in [-0.15, -0.1) is 0 Å². The Balaban J connectivity index is 4.54. The second kappa shape index (κ2) is 8.06. The summed E-state index contributed by atoms with van der Waals surface area (Å²) in [6.45, 7) is 18.4. The van der Waals surface area contributed by atoms with Crippen molar-refractivity contribution in [2.75, 3.05) is 0 Å². The van der Waals surface area contributed by atoms with E-state index in [0.29, 0.717) is 6.42 Å². The van der Waals surface area contributed by atoms with Crippen molar-refractivity contribution in [3.05, 3.63) is 6.61 Å². The third kappa shape index (κ3) is 10.9. The molecule has 0 saturated heterocycles. The van der Waals surface area contributed by atoms with Crippen LogP contribution in [0.2, 0.25) is 39.3 Å².